The van der Waals surface area contributed by atoms with Gasteiger partial charge in [0.1, 0.15) is 18.4 Å². The lowest BCUT2D eigenvalue weighted by Crippen LogP contribution is -2.30. The molecule has 4 rings (SSSR count). The molecule has 0 saturated carbocycles. The molecule has 10 heteroatoms. The molecule has 2 heterocycles. The van der Waals surface area contributed by atoms with E-state index >= 15 is 0 Å². The zero-order valence-corrected chi connectivity index (χ0v) is 22.2. The zero-order chi connectivity index (χ0) is 25.1. The maximum absolute atomic E-state index is 13.1. The van der Waals surface area contributed by atoms with Crippen LogP contribution in [0.1, 0.15) is 44.9 Å². The Kier molecular flexibility index (Phi) is 7.94. The molecule has 3 aromatic rings. The smallest absolute Gasteiger partial charge is 0.338 e. The second-order valence-electron chi connectivity index (χ2n) is 8.21. The number of benzene rings is 2. The number of fused-ring (bicyclic) bond motifs is 1. The number of hydrogen-bond donors (Lipinski definition) is 1. The number of nitrogens with one attached hydrogen (secondary N) is 1. The summed E-state index contributed by atoms with van der Waals surface area (Å²) in [4.78, 5) is 17.7. The van der Waals surface area contributed by atoms with Crippen molar-refractivity contribution in [2.75, 3.05) is 11.1 Å². The number of allylic oxidation sites excluding steroid dienone is 1. The van der Waals surface area contributed by atoms with E-state index in [1.54, 1.807) is 16.8 Å². The van der Waals surface area contributed by atoms with Gasteiger partial charge in [-0.05, 0) is 56.4 Å². The molecule has 184 valence electrons. The normalized spacial score (nSPS) is 15.1. The van der Waals surface area contributed by atoms with Gasteiger partial charge in [-0.25, -0.2) is 9.48 Å². The van der Waals surface area contributed by atoms with Gasteiger partial charge >= 0.3 is 5.97 Å². The molecule has 1 aliphatic rings. The van der Waals surface area contributed by atoms with Gasteiger partial charge in [0.2, 0.25) is 11.1 Å². The number of esters is 1. The maximum atomic E-state index is 13.1. The lowest BCUT2D eigenvalue weighted by atomic mass is 9.95. The van der Waals surface area contributed by atoms with Gasteiger partial charge in [-0.1, -0.05) is 60.1 Å². The van der Waals surface area contributed by atoms with E-state index in [1.807, 2.05) is 58.0 Å². The monoisotopic (exact) mass is 532 g/mol. The molecule has 0 radical (unpaired) electrons. The van der Waals surface area contributed by atoms with Crippen LogP contribution in [0.25, 0.3) is 0 Å². The summed E-state index contributed by atoms with van der Waals surface area (Å²) in [5.41, 5.74) is 2.87. The molecule has 0 saturated heterocycles. The van der Waals surface area contributed by atoms with E-state index in [0.717, 1.165) is 16.9 Å². The number of aromatic nitrogens is 3. The molecule has 1 N–H and O–H groups in total. The Morgan fingerprint density at radius 2 is 1.94 bits per heavy atom. The molecule has 1 aromatic heterocycles. The lowest BCUT2D eigenvalue weighted by molar-refractivity contribution is -0.143. The third-order valence-corrected chi connectivity index (χ3v) is 6.58. The van der Waals surface area contributed by atoms with Gasteiger partial charge in [0.25, 0.3) is 0 Å². The van der Waals surface area contributed by atoms with E-state index in [9.17, 15) is 4.79 Å². The fourth-order valence-electron chi connectivity index (χ4n) is 3.72. The molecule has 2 aromatic carbocycles. The summed E-state index contributed by atoms with van der Waals surface area (Å²) in [6.45, 7) is 7.85. The number of anilines is 1. The van der Waals surface area contributed by atoms with Crippen LogP contribution in [0, 0.1) is 0 Å². The number of hydrogen-bond acceptors (Lipinski definition) is 7. The first-order valence-electron chi connectivity index (χ1n) is 11.2. The molecule has 1 unspecified atom stereocenters. The van der Waals surface area contributed by atoms with Crippen LogP contribution in [0.2, 0.25) is 10.0 Å². The predicted molar refractivity (Wildman–Crippen MR) is 139 cm³/mol. The Morgan fingerprint density at radius 1 is 1.20 bits per heavy atom. The van der Waals surface area contributed by atoms with Crippen molar-refractivity contribution in [3.8, 4) is 5.75 Å². The Hall–Kier alpha value is -2.68. The van der Waals surface area contributed by atoms with Crippen molar-refractivity contribution < 1.29 is 14.3 Å². The number of rotatable bonds is 8. The highest BCUT2D eigenvalue weighted by Crippen LogP contribution is 2.37. The number of carbonyl (C=O) groups is 1. The molecule has 0 amide bonds. The Balaban J connectivity index is 1.63. The first kappa shape index (κ1) is 25.4. The molecule has 1 atom stereocenters. The van der Waals surface area contributed by atoms with Gasteiger partial charge in [0, 0.05) is 21.3 Å². The average Bonchev–Trinajstić information content (AvgIpc) is 3.19. The molecule has 1 aliphatic heterocycles. The summed E-state index contributed by atoms with van der Waals surface area (Å²) in [6.07, 6.45) is -0.248. The van der Waals surface area contributed by atoms with Crippen LogP contribution in [0.15, 0.2) is 58.9 Å². The van der Waals surface area contributed by atoms with Crippen LogP contribution in [0.3, 0.4) is 0 Å². The minimum Gasteiger partial charge on any atom is -0.489 e. The van der Waals surface area contributed by atoms with Crippen LogP contribution in [0.5, 0.6) is 5.75 Å². The largest absolute Gasteiger partial charge is 0.489 e. The van der Waals surface area contributed by atoms with Crippen LogP contribution in [0.4, 0.5) is 5.95 Å². The summed E-state index contributed by atoms with van der Waals surface area (Å²) >= 11 is 13.8. The maximum Gasteiger partial charge on any atom is 0.338 e. The van der Waals surface area contributed by atoms with Gasteiger partial charge in [-0.15, -0.1) is 5.10 Å². The lowest BCUT2D eigenvalue weighted by Gasteiger charge is -2.28. The van der Waals surface area contributed by atoms with Crippen molar-refractivity contribution in [2.45, 2.75) is 51.6 Å². The van der Waals surface area contributed by atoms with Gasteiger partial charge in [0.15, 0.2) is 0 Å². The Labute approximate surface area is 218 Å². The topological polar surface area (TPSA) is 78.3 Å². The van der Waals surface area contributed by atoms with Gasteiger partial charge < -0.3 is 14.8 Å². The van der Waals surface area contributed by atoms with Crippen LogP contribution in [-0.4, -0.2) is 32.6 Å². The second kappa shape index (κ2) is 10.9. The molecular formula is C25H26Cl2N4O3S. The van der Waals surface area contributed by atoms with Crippen LogP contribution in [-0.2, 0) is 16.1 Å². The molecule has 35 heavy (non-hydrogen) atoms. The molecule has 0 bridgehead atoms. The molecule has 0 spiro atoms. The molecule has 0 aliphatic carbocycles. The highest BCUT2D eigenvalue weighted by atomic mass is 35.5. The third-order valence-electron chi connectivity index (χ3n) is 5.27. The highest BCUT2D eigenvalue weighted by Gasteiger charge is 2.35. The molecule has 7 nitrogen and oxygen atoms in total. The summed E-state index contributed by atoms with van der Waals surface area (Å²) in [5, 5.41) is 9.65. The summed E-state index contributed by atoms with van der Waals surface area (Å²) in [7, 11) is 0. The number of nitrogens with zero attached hydrogens (tertiary/aromatic N) is 3. The van der Waals surface area contributed by atoms with E-state index < -0.39 is 12.0 Å². The third kappa shape index (κ3) is 5.77. The fourth-order valence-corrected chi connectivity index (χ4v) is 4.74. The van der Waals surface area contributed by atoms with E-state index in [-0.39, 0.29) is 6.10 Å². The summed E-state index contributed by atoms with van der Waals surface area (Å²) < 4.78 is 13.2. The summed E-state index contributed by atoms with van der Waals surface area (Å²) in [6, 6.07) is 12.4. The van der Waals surface area contributed by atoms with Crippen molar-refractivity contribution in [3.63, 3.8) is 0 Å². The quantitative estimate of drug-likeness (QED) is 0.261. The van der Waals surface area contributed by atoms with Crippen molar-refractivity contribution in [2.24, 2.45) is 0 Å². The van der Waals surface area contributed by atoms with Gasteiger partial charge in [-0.3, -0.25) is 0 Å². The van der Waals surface area contributed by atoms with Crippen molar-refractivity contribution in [3.05, 3.63) is 74.9 Å². The summed E-state index contributed by atoms with van der Waals surface area (Å²) in [5.74, 6) is 1.70. The highest BCUT2D eigenvalue weighted by molar-refractivity contribution is 7.99. The Bertz CT molecular complexity index is 1260. The zero-order valence-electron chi connectivity index (χ0n) is 19.8. The number of halogens is 2. The second-order valence-corrected chi connectivity index (χ2v) is 10.3. The average molecular weight is 533 g/mol. The fraction of sp³-hybridized carbons (Fsp3) is 0.320. The van der Waals surface area contributed by atoms with E-state index in [0.29, 0.717) is 44.8 Å². The van der Waals surface area contributed by atoms with E-state index in [4.69, 9.17) is 32.7 Å². The minimum atomic E-state index is -0.490. The predicted octanol–water partition coefficient (Wildman–Crippen LogP) is 6.52. The van der Waals surface area contributed by atoms with Crippen LogP contribution < -0.4 is 10.1 Å². The van der Waals surface area contributed by atoms with Gasteiger partial charge in [0.05, 0.1) is 11.7 Å². The standard InChI is InChI=1S/C25H26Cl2N4O3S/c1-5-35-25-29-24-28-15(4)21(23(32)34-14(2)3)22(31(24)30-25)16-7-10-19(11-8-16)33-13-17-6-9-18(26)12-20(17)27/h6-12,14,22H,5,13H2,1-4H3,(H,28,29,30). The van der Waals surface area contributed by atoms with E-state index in [2.05, 4.69) is 15.4 Å². The SMILES string of the molecule is CCSc1nc2n(n1)C(c1ccc(OCc3ccc(Cl)cc3Cl)cc1)C(C(=O)OC(C)C)=C(C)N2. The van der Waals surface area contributed by atoms with Gasteiger partial charge in [-0.2, -0.15) is 4.98 Å². The number of ether oxygens (including phenoxy) is 2. The van der Waals surface area contributed by atoms with Crippen molar-refractivity contribution in [1.82, 2.24) is 14.8 Å². The number of thioether (sulfide) groups is 1. The van der Waals surface area contributed by atoms with Crippen molar-refractivity contribution in [1.29, 1.82) is 0 Å². The first-order valence-corrected chi connectivity index (χ1v) is 13.0. The number of carbonyl (C=O) groups excluding carboxylic acids is 1. The first-order chi connectivity index (χ1) is 16.8. The Morgan fingerprint density at radius 3 is 2.60 bits per heavy atom. The van der Waals surface area contributed by atoms with Crippen molar-refractivity contribution >= 4 is 46.9 Å². The molecular weight excluding hydrogens is 507 g/mol. The minimum absolute atomic E-state index is 0.248. The van der Waals surface area contributed by atoms with E-state index in [1.165, 1.54) is 11.8 Å². The van der Waals surface area contributed by atoms with Crippen LogP contribution >= 0.6 is 35.0 Å². The molecule has 0 fully saturated rings.